The Bertz CT molecular complexity index is 692. The maximum Gasteiger partial charge on any atom is 0.240 e. The Hall–Kier alpha value is -1.44. The number of hydrogen-bond acceptors (Lipinski definition) is 4. The van der Waals surface area contributed by atoms with E-state index in [1.54, 1.807) is 37.3 Å². The zero-order valence-corrected chi connectivity index (χ0v) is 14.7. The van der Waals surface area contributed by atoms with Crippen LogP contribution >= 0.6 is 0 Å². The minimum atomic E-state index is -3.51. The molecule has 24 heavy (non-hydrogen) atoms. The van der Waals surface area contributed by atoms with E-state index in [0.717, 1.165) is 32.2 Å². The Morgan fingerprint density at radius 2 is 2.08 bits per heavy atom. The van der Waals surface area contributed by atoms with Crippen molar-refractivity contribution in [3.05, 3.63) is 30.3 Å². The zero-order valence-electron chi connectivity index (χ0n) is 13.9. The maximum atomic E-state index is 12.3. The Balaban J connectivity index is 1.59. The molecule has 132 valence electrons. The molecule has 1 aromatic carbocycles. The van der Waals surface area contributed by atoms with Crippen molar-refractivity contribution in [3.63, 3.8) is 0 Å². The molecule has 0 radical (unpaired) electrons. The molecule has 0 unspecified atom stereocenters. The average Bonchev–Trinajstić information content (AvgIpc) is 2.98. The fourth-order valence-electron chi connectivity index (χ4n) is 3.57. The lowest BCUT2D eigenvalue weighted by molar-refractivity contribution is -0.135. The monoisotopic (exact) mass is 352 g/mol. The Kier molecular flexibility index (Phi) is 4.94. The highest BCUT2D eigenvalue weighted by molar-refractivity contribution is 7.89. The minimum absolute atomic E-state index is 0.0716. The van der Waals surface area contributed by atoms with Gasteiger partial charge in [0.05, 0.1) is 16.6 Å². The summed E-state index contributed by atoms with van der Waals surface area (Å²) in [6.45, 7) is 3.18. The van der Waals surface area contributed by atoms with Crippen LogP contribution in [0.4, 0.5) is 0 Å². The van der Waals surface area contributed by atoms with Crippen molar-refractivity contribution in [1.82, 2.24) is 9.62 Å². The van der Waals surface area contributed by atoms with Gasteiger partial charge in [-0.1, -0.05) is 18.2 Å². The number of nitrogens with zero attached hydrogens (tertiary/aromatic N) is 1. The van der Waals surface area contributed by atoms with Crippen LogP contribution in [0.3, 0.4) is 0 Å². The Labute approximate surface area is 143 Å². The van der Waals surface area contributed by atoms with Crippen molar-refractivity contribution in [3.8, 4) is 0 Å². The summed E-state index contributed by atoms with van der Waals surface area (Å²) >= 11 is 0. The van der Waals surface area contributed by atoms with Crippen molar-refractivity contribution in [1.29, 1.82) is 0 Å². The quantitative estimate of drug-likeness (QED) is 0.891. The molecule has 0 aliphatic carbocycles. The summed E-state index contributed by atoms with van der Waals surface area (Å²) < 4.78 is 33.5. The van der Waals surface area contributed by atoms with Crippen LogP contribution in [0.2, 0.25) is 0 Å². The zero-order chi connectivity index (χ0) is 17.2. The van der Waals surface area contributed by atoms with Crippen LogP contribution in [0.15, 0.2) is 35.2 Å². The average molecular weight is 352 g/mol. The van der Waals surface area contributed by atoms with Gasteiger partial charge in [-0.25, -0.2) is 13.1 Å². The summed E-state index contributed by atoms with van der Waals surface area (Å²) in [5, 5.41) is 0. The molecule has 1 spiro atoms. The van der Waals surface area contributed by atoms with Gasteiger partial charge in [-0.05, 0) is 37.8 Å². The predicted molar refractivity (Wildman–Crippen MR) is 90.0 cm³/mol. The number of nitrogens with one attached hydrogen (secondary N) is 1. The molecular weight excluding hydrogens is 328 g/mol. The van der Waals surface area contributed by atoms with Crippen LogP contribution in [0, 0.1) is 0 Å². The van der Waals surface area contributed by atoms with E-state index in [9.17, 15) is 13.2 Å². The predicted octanol–water partition coefficient (Wildman–Crippen LogP) is 1.52. The number of benzene rings is 1. The third-order valence-corrected chi connectivity index (χ3v) is 6.33. The van der Waals surface area contributed by atoms with Gasteiger partial charge in [0.15, 0.2) is 0 Å². The molecule has 0 bridgehead atoms. The second-order valence-electron chi connectivity index (χ2n) is 6.67. The first-order chi connectivity index (χ1) is 11.4. The summed E-state index contributed by atoms with van der Waals surface area (Å²) in [4.78, 5) is 13.6. The second kappa shape index (κ2) is 6.82. The number of rotatable bonds is 4. The fraction of sp³-hybridized carbons (Fsp3) is 0.588. The molecule has 6 nitrogen and oxygen atoms in total. The molecule has 1 amide bonds. The van der Waals surface area contributed by atoms with E-state index in [-0.39, 0.29) is 29.1 Å². The number of carbonyl (C=O) groups excluding carboxylic acids is 1. The molecule has 2 fully saturated rings. The highest BCUT2D eigenvalue weighted by Crippen LogP contribution is 2.36. The minimum Gasteiger partial charge on any atom is -0.368 e. The third-order valence-electron chi connectivity index (χ3n) is 4.89. The van der Waals surface area contributed by atoms with Crippen LogP contribution in [0.25, 0.3) is 0 Å². The van der Waals surface area contributed by atoms with Gasteiger partial charge < -0.3 is 9.64 Å². The number of sulfonamides is 1. The van der Waals surface area contributed by atoms with Gasteiger partial charge in [0.2, 0.25) is 15.9 Å². The van der Waals surface area contributed by atoms with Crippen LogP contribution in [-0.2, 0) is 19.6 Å². The molecule has 7 heteroatoms. The highest BCUT2D eigenvalue weighted by Gasteiger charge is 2.43. The van der Waals surface area contributed by atoms with Crippen LogP contribution in [-0.4, -0.2) is 50.6 Å². The number of likely N-dealkylation sites (tertiary alicyclic amines) is 1. The molecule has 1 aromatic rings. The van der Waals surface area contributed by atoms with Gasteiger partial charge in [0.1, 0.15) is 0 Å². The van der Waals surface area contributed by atoms with Crippen molar-refractivity contribution >= 4 is 15.9 Å². The lowest BCUT2D eigenvalue weighted by Gasteiger charge is -2.38. The number of carbonyl (C=O) groups is 1. The molecule has 2 heterocycles. The first-order valence-electron chi connectivity index (χ1n) is 8.38. The molecule has 0 saturated carbocycles. The van der Waals surface area contributed by atoms with Crippen molar-refractivity contribution in [2.45, 2.75) is 49.2 Å². The Morgan fingerprint density at radius 1 is 1.33 bits per heavy atom. The maximum absolute atomic E-state index is 12.3. The largest absolute Gasteiger partial charge is 0.368 e. The van der Waals surface area contributed by atoms with Crippen molar-refractivity contribution < 1.29 is 17.9 Å². The molecule has 3 rings (SSSR count). The third kappa shape index (κ3) is 3.79. The lowest BCUT2D eigenvalue weighted by Crippen LogP contribution is -2.47. The first kappa shape index (κ1) is 17.4. The van der Waals surface area contributed by atoms with Gasteiger partial charge in [-0.2, -0.15) is 0 Å². The summed E-state index contributed by atoms with van der Waals surface area (Å²) in [7, 11) is -3.51. The molecule has 2 atom stereocenters. The molecule has 2 aliphatic rings. The van der Waals surface area contributed by atoms with E-state index >= 15 is 0 Å². The van der Waals surface area contributed by atoms with Gasteiger partial charge in [0.25, 0.3) is 0 Å². The van der Waals surface area contributed by atoms with Crippen LogP contribution in [0.5, 0.6) is 0 Å². The van der Waals surface area contributed by atoms with Gasteiger partial charge >= 0.3 is 0 Å². The van der Waals surface area contributed by atoms with E-state index in [4.69, 9.17) is 4.74 Å². The van der Waals surface area contributed by atoms with Gasteiger partial charge in [-0.3, -0.25) is 4.79 Å². The van der Waals surface area contributed by atoms with E-state index in [1.165, 1.54) is 0 Å². The number of amides is 1. The van der Waals surface area contributed by atoms with E-state index < -0.39 is 10.0 Å². The first-order valence-corrected chi connectivity index (χ1v) is 9.87. The SMILES string of the molecule is CC(=O)N1CC[C@@]2(CCC[C@@H](CNS(=O)(=O)c3ccccc3)O2)C1. The summed E-state index contributed by atoms with van der Waals surface area (Å²) in [5.41, 5.74) is -0.299. The molecule has 2 saturated heterocycles. The smallest absolute Gasteiger partial charge is 0.240 e. The Morgan fingerprint density at radius 3 is 2.75 bits per heavy atom. The van der Waals surface area contributed by atoms with E-state index in [2.05, 4.69) is 4.72 Å². The standard InChI is InChI=1S/C17H24N2O4S/c1-14(20)19-11-10-17(13-19)9-5-6-15(23-17)12-18-24(21,22)16-7-3-2-4-8-16/h2-4,7-8,15,18H,5-6,9-13H2,1H3/t15-,17-/m0/s1. The highest BCUT2D eigenvalue weighted by atomic mass is 32.2. The van der Waals surface area contributed by atoms with Crippen LogP contribution < -0.4 is 4.72 Å². The molecular formula is C17H24N2O4S. The fourth-order valence-corrected chi connectivity index (χ4v) is 4.65. The summed E-state index contributed by atoms with van der Waals surface area (Å²) in [6, 6.07) is 8.35. The van der Waals surface area contributed by atoms with Gasteiger partial charge in [0, 0.05) is 26.6 Å². The second-order valence-corrected chi connectivity index (χ2v) is 8.44. The number of ether oxygens (including phenoxy) is 1. The summed E-state index contributed by atoms with van der Waals surface area (Å²) in [5.74, 6) is 0.0716. The lowest BCUT2D eigenvalue weighted by atomic mass is 9.90. The normalized spacial score (nSPS) is 27.5. The number of hydrogen-bond donors (Lipinski definition) is 1. The van der Waals surface area contributed by atoms with Crippen LogP contribution in [0.1, 0.15) is 32.6 Å². The van der Waals surface area contributed by atoms with Crippen molar-refractivity contribution in [2.24, 2.45) is 0 Å². The molecule has 2 aliphatic heterocycles. The van der Waals surface area contributed by atoms with Gasteiger partial charge in [-0.15, -0.1) is 0 Å². The topological polar surface area (TPSA) is 75.7 Å². The van der Waals surface area contributed by atoms with E-state index in [1.807, 2.05) is 4.90 Å². The van der Waals surface area contributed by atoms with Crippen molar-refractivity contribution in [2.75, 3.05) is 19.6 Å². The van der Waals surface area contributed by atoms with E-state index in [0.29, 0.717) is 6.54 Å². The molecule has 1 N–H and O–H groups in total. The molecule has 0 aromatic heterocycles. The summed E-state index contributed by atoms with van der Waals surface area (Å²) in [6.07, 6.45) is 3.43.